The molecule has 0 bridgehead atoms. The summed E-state index contributed by atoms with van der Waals surface area (Å²) in [5.74, 6) is 1.01. The van der Waals surface area contributed by atoms with E-state index in [1.807, 2.05) is 4.57 Å². The Labute approximate surface area is 141 Å². The predicted octanol–water partition coefficient (Wildman–Crippen LogP) is 1.03. The summed E-state index contributed by atoms with van der Waals surface area (Å²) in [5.41, 5.74) is 7.02. The van der Waals surface area contributed by atoms with Crippen molar-refractivity contribution in [1.82, 2.24) is 24.4 Å². The molecule has 0 aromatic carbocycles. The number of likely N-dealkylation sites (N-methyl/N-ethyl adjacent to an activating group) is 1. The van der Waals surface area contributed by atoms with Crippen LogP contribution in [0.1, 0.15) is 32.9 Å². The molecule has 1 fully saturated rings. The van der Waals surface area contributed by atoms with Crippen LogP contribution in [0.4, 0.5) is 5.82 Å². The monoisotopic (exact) mass is 334 g/mol. The number of nitrogens with two attached hydrogens (primary N) is 1. The molecule has 3 rings (SSSR count). The number of aliphatic hydroxyl groups is 1. The zero-order valence-electron chi connectivity index (χ0n) is 14.5. The highest BCUT2D eigenvalue weighted by Crippen LogP contribution is 2.31. The SMILES string of the molecule is CC(C)CCN(C)CC1OC(n2cnc3c(N)ncnc32)C[C@@H]1O. The summed E-state index contributed by atoms with van der Waals surface area (Å²) in [6.07, 6.45) is 3.69. The number of hydrogen-bond acceptors (Lipinski definition) is 7. The molecule has 2 aromatic rings. The molecule has 2 aromatic heterocycles. The first kappa shape index (κ1) is 17.1. The van der Waals surface area contributed by atoms with Crippen molar-refractivity contribution in [1.29, 1.82) is 0 Å². The summed E-state index contributed by atoms with van der Waals surface area (Å²) in [6, 6.07) is 0. The van der Waals surface area contributed by atoms with E-state index in [9.17, 15) is 5.11 Å². The maximum absolute atomic E-state index is 10.4. The molecule has 3 heterocycles. The fraction of sp³-hybridized carbons (Fsp3) is 0.688. The molecule has 1 aliphatic rings. The molecule has 2 unspecified atom stereocenters. The molecule has 0 aliphatic carbocycles. The van der Waals surface area contributed by atoms with E-state index in [-0.39, 0.29) is 12.3 Å². The smallest absolute Gasteiger partial charge is 0.167 e. The van der Waals surface area contributed by atoms with Crippen molar-refractivity contribution in [2.45, 2.75) is 45.1 Å². The highest BCUT2D eigenvalue weighted by molar-refractivity contribution is 5.81. The third-order valence-corrected chi connectivity index (χ3v) is 4.48. The third-order valence-electron chi connectivity index (χ3n) is 4.48. The molecule has 8 nitrogen and oxygen atoms in total. The molecule has 24 heavy (non-hydrogen) atoms. The summed E-state index contributed by atoms with van der Waals surface area (Å²) >= 11 is 0. The Morgan fingerprint density at radius 3 is 2.96 bits per heavy atom. The predicted molar refractivity (Wildman–Crippen MR) is 91.2 cm³/mol. The Bertz CT molecular complexity index is 688. The number of aromatic nitrogens is 4. The van der Waals surface area contributed by atoms with Gasteiger partial charge in [-0.05, 0) is 25.9 Å². The zero-order chi connectivity index (χ0) is 17.3. The van der Waals surface area contributed by atoms with E-state index in [1.54, 1.807) is 6.33 Å². The molecule has 3 N–H and O–H groups in total. The third kappa shape index (κ3) is 3.50. The molecule has 0 saturated carbocycles. The van der Waals surface area contributed by atoms with Crippen molar-refractivity contribution in [2.75, 3.05) is 25.9 Å². The van der Waals surface area contributed by atoms with Gasteiger partial charge in [0.2, 0.25) is 0 Å². The van der Waals surface area contributed by atoms with Gasteiger partial charge in [0.1, 0.15) is 18.1 Å². The molecule has 0 spiro atoms. The quantitative estimate of drug-likeness (QED) is 0.813. The standard InChI is InChI=1S/C16H26N6O2/c1-10(2)4-5-21(3)7-12-11(23)6-13(24-12)22-9-20-14-15(17)18-8-19-16(14)22/h8-13,23H,4-7H2,1-3H3,(H2,17,18,19)/t11-,12?,13?/m0/s1. The Hall–Kier alpha value is -1.77. The van der Waals surface area contributed by atoms with Crippen molar-refractivity contribution in [3.05, 3.63) is 12.7 Å². The fourth-order valence-electron chi connectivity index (χ4n) is 3.01. The molecule has 3 atom stereocenters. The number of imidazole rings is 1. The molecular formula is C16H26N6O2. The zero-order valence-corrected chi connectivity index (χ0v) is 14.5. The molecule has 132 valence electrons. The number of nitrogens with zero attached hydrogens (tertiary/aromatic N) is 5. The highest BCUT2D eigenvalue weighted by Gasteiger charge is 2.36. The molecule has 0 amide bonds. The van der Waals surface area contributed by atoms with Gasteiger partial charge in [-0.25, -0.2) is 15.0 Å². The van der Waals surface area contributed by atoms with Crippen molar-refractivity contribution in [2.24, 2.45) is 5.92 Å². The maximum Gasteiger partial charge on any atom is 0.167 e. The number of ether oxygens (including phenoxy) is 1. The number of aliphatic hydroxyl groups excluding tert-OH is 1. The van der Waals surface area contributed by atoms with E-state index in [4.69, 9.17) is 10.5 Å². The lowest BCUT2D eigenvalue weighted by molar-refractivity contribution is -0.0305. The number of hydrogen-bond donors (Lipinski definition) is 2. The summed E-state index contributed by atoms with van der Waals surface area (Å²) in [6.45, 7) is 6.12. The fourth-order valence-corrected chi connectivity index (χ4v) is 3.01. The molecular weight excluding hydrogens is 308 g/mol. The van der Waals surface area contributed by atoms with E-state index in [0.717, 1.165) is 13.0 Å². The number of anilines is 1. The Kier molecular flexibility index (Phi) is 4.98. The van der Waals surface area contributed by atoms with E-state index in [2.05, 4.69) is 40.7 Å². The minimum atomic E-state index is -0.506. The van der Waals surface area contributed by atoms with Crippen LogP contribution in [0.3, 0.4) is 0 Å². The van der Waals surface area contributed by atoms with Gasteiger partial charge in [0, 0.05) is 13.0 Å². The maximum atomic E-state index is 10.4. The van der Waals surface area contributed by atoms with Crippen LogP contribution in [-0.2, 0) is 4.74 Å². The summed E-state index contributed by atoms with van der Waals surface area (Å²) < 4.78 is 7.90. The Morgan fingerprint density at radius 1 is 1.42 bits per heavy atom. The lowest BCUT2D eigenvalue weighted by atomic mass is 10.1. The van der Waals surface area contributed by atoms with Crippen molar-refractivity contribution < 1.29 is 9.84 Å². The Morgan fingerprint density at radius 2 is 2.21 bits per heavy atom. The minimum Gasteiger partial charge on any atom is -0.390 e. The van der Waals surface area contributed by atoms with Crippen LogP contribution in [0.15, 0.2) is 12.7 Å². The van der Waals surface area contributed by atoms with Crippen LogP contribution >= 0.6 is 0 Å². The first-order chi connectivity index (χ1) is 11.5. The van der Waals surface area contributed by atoms with E-state index >= 15 is 0 Å². The lowest BCUT2D eigenvalue weighted by Gasteiger charge is -2.23. The van der Waals surface area contributed by atoms with Crippen LogP contribution in [0.2, 0.25) is 0 Å². The number of fused-ring (bicyclic) bond motifs is 1. The van der Waals surface area contributed by atoms with Gasteiger partial charge >= 0.3 is 0 Å². The van der Waals surface area contributed by atoms with E-state index in [1.165, 1.54) is 6.33 Å². The van der Waals surface area contributed by atoms with Gasteiger partial charge in [-0.15, -0.1) is 0 Å². The largest absolute Gasteiger partial charge is 0.390 e. The van der Waals surface area contributed by atoms with Gasteiger partial charge in [0.15, 0.2) is 11.5 Å². The minimum absolute atomic E-state index is 0.219. The van der Waals surface area contributed by atoms with Crippen LogP contribution < -0.4 is 5.73 Å². The molecule has 8 heteroatoms. The number of rotatable bonds is 6. The number of nitrogen functional groups attached to an aromatic ring is 1. The van der Waals surface area contributed by atoms with Crippen molar-refractivity contribution in [3.63, 3.8) is 0 Å². The van der Waals surface area contributed by atoms with Crippen LogP contribution in [0, 0.1) is 5.92 Å². The van der Waals surface area contributed by atoms with Crippen LogP contribution in [0.5, 0.6) is 0 Å². The second-order valence-corrected chi connectivity index (χ2v) is 6.96. The second kappa shape index (κ2) is 7.00. The normalized spacial score (nSPS) is 24.5. The van der Waals surface area contributed by atoms with Gasteiger partial charge in [-0.1, -0.05) is 13.8 Å². The van der Waals surface area contributed by atoms with E-state index < -0.39 is 6.10 Å². The highest BCUT2D eigenvalue weighted by atomic mass is 16.5. The molecule has 0 radical (unpaired) electrons. The average molecular weight is 334 g/mol. The van der Waals surface area contributed by atoms with Gasteiger partial charge < -0.3 is 20.5 Å². The first-order valence-electron chi connectivity index (χ1n) is 8.40. The summed E-state index contributed by atoms with van der Waals surface area (Å²) in [5, 5.41) is 10.4. The topological polar surface area (TPSA) is 102 Å². The van der Waals surface area contributed by atoms with Crippen molar-refractivity contribution >= 4 is 17.0 Å². The second-order valence-electron chi connectivity index (χ2n) is 6.96. The van der Waals surface area contributed by atoms with Crippen LogP contribution in [-0.4, -0.2) is 61.9 Å². The molecule has 1 saturated heterocycles. The van der Waals surface area contributed by atoms with Crippen molar-refractivity contribution in [3.8, 4) is 0 Å². The first-order valence-corrected chi connectivity index (χ1v) is 8.40. The van der Waals surface area contributed by atoms with E-state index in [0.29, 0.717) is 35.9 Å². The lowest BCUT2D eigenvalue weighted by Crippen LogP contribution is -2.35. The Balaban J connectivity index is 1.67. The van der Waals surface area contributed by atoms with Gasteiger partial charge in [-0.3, -0.25) is 4.57 Å². The van der Waals surface area contributed by atoms with Crippen LogP contribution in [0.25, 0.3) is 11.2 Å². The summed E-state index contributed by atoms with van der Waals surface area (Å²) in [4.78, 5) is 14.7. The summed E-state index contributed by atoms with van der Waals surface area (Å²) in [7, 11) is 2.06. The molecule has 1 aliphatic heterocycles. The van der Waals surface area contributed by atoms with Gasteiger partial charge in [-0.2, -0.15) is 0 Å². The van der Waals surface area contributed by atoms with Gasteiger partial charge in [0.05, 0.1) is 18.5 Å². The average Bonchev–Trinajstić information content (AvgIpc) is 3.10. The van der Waals surface area contributed by atoms with Gasteiger partial charge in [0.25, 0.3) is 0 Å².